The van der Waals surface area contributed by atoms with Crippen molar-refractivity contribution in [2.24, 2.45) is 0 Å². The summed E-state index contributed by atoms with van der Waals surface area (Å²) in [7, 11) is 1.41. The molecule has 5 heteroatoms. The second-order valence-corrected chi connectivity index (χ2v) is 2.55. The highest BCUT2D eigenvalue weighted by atomic mass is 16.2. The summed E-state index contributed by atoms with van der Waals surface area (Å²) in [5.74, 6) is -0.362. The summed E-state index contributed by atoms with van der Waals surface area (Å²) < 4.78 is 0. The van der Waals surface area contributed by atoms with E-state index in [1.807, 2.05) is 0 Å². The monoisotopic (exact) mass is 186 g/mol. The number of nitrogens with one attached hydrogen (secondary N) is 1. The first-order chi connectivity index (χ1) is 6.08. The van der Waals surface area contributed by atoms with Crippen LogP contribution in [0.3, 0.4) is 0 Å². The first-order valence-corrected chi connectivity index (χ1v) is 4.07. The van der Waals surface area contributed by atoms with E-state index in [1.165, 1.54) is 14.0 Å². The van der Waals surface area contributed by atoms with Crippen LogP contribution in [0.5, 0.6) is 0 Å². The van der Waals surface area contributed by atoms with Gasteiger partial charge in [-0.2, -0.15) is 0 Å². The van der Waals surface area contributed by atoms with Crippen molar-refractivity contribution in [1.29, 1.82) is 0 Å². The highest BCUT2D eigenvalue weighted by Gasteiger charge is 2.23. The van der Waals surface area contributed by atoms with E-state index in [9.17, 15) is 14.4 Å². The Bertz CT molecular complexity index is 199. The van der Waals surface area contributed by atoms with Gasteiger partial charge in [0.05, 0.1) is 6.04 Å². The number of nitrogens with zero attached hydrogens (tertiary/aromatic N) is 1. The Kier molecular flexibility index (Phi) is 4.72. The van der Waals surface area contributed by atoms with Crippen molar-refractivity contribution in [2.75, 3.05) is 7.05 Å². The molecule has 1 atom stereocenters. The molecule has 3 amide bonds. The molecule has 0 fully saturated rings. The van der Waals surface area contributed by atoms with E-state index in [0.717, 1.165) is 4.90 Å². The third kappa shape index (κ3) is 2.85. The second kappa shape index (κ2) is 5.29. The van der Waals surface area contributed by atoms with Gasteiger partial charge in [-0.1, -0.05) is 6.92 Å². The van der Waals surface area contributed by atoms with Crippen LogP contribution in [0.2, 0.25) is 0 Å². The highest BCUT2D eigenvalue weighted by molar-refractivity contribution is 5.96. The van der Waals surface area contributed by atoms with E-state index in [-0.39, 0.29) is 12.3 Å². The molecule has 0 aromatic heterocycles. The maximum absolute atomic E-state index is 11.2. The molecular formula is C8H14N2O3. The van der Waals surface area contributed by atoms with Crippen LogP contribution >= 0.6 is 0 Å². The standard InChI is InChI=1S/C8H14N2O3/c1-4-7(12)10(6(2)5-11)8(13)9-3/h5-6H,4H2,1-3H3,(H,9,13)/t6-/m0/s1. The third-order valence-electron chi connectivity index (χ3n) is 1.61. The first-order valence-electron chi connectivity index (χ1n) is 4.07. The average molecular weight is 186 g/mol. The topological polar surface area (TPSA) is 66.5 Å². The van der Waals surface area contributed by atoms with Gasteiger partial charge in [0.2, 0.25) is 5.91 Å². The summed E-state index contributed by atoms with van der Waals surface area (Å²) in [5.41, 5.74) is 0. The minimum Gasteiger partial charge on any atom is -0.341 e. The Morgan fingerprint density at radius 3 is 2.38 bits per heavy atom. The molecule has 74 valence electrons. The molecule has 0 aromatic carbocycles. The number of carbonyl (C=O) groups is 3. The molecule has 0 heterocycles. The van der Waals surface area contributed by atoms with Gasteiger partial charge in [0.15, 0.2) is 0 Å². The number of rotatable bonds is 3. The summed E-state index contributed by atoms with van der Waals surface area (Å²) in [4.78, 5) is 33.7. The predicted octanol–water partition coefficient (Wildman–Crippen LogP) is 0.152. The van der Waals surface area contributed by atoms with Crippen LogP contribution in [0.15, 0.2) is 0 Å². The largest absolute Gasteiger partial charge is 0.341 e. The zero-order valence-corrected chi connectivity index (χ0v) is 8.03. The molecule has 0 saturated heterocycles. The number of aldehydes is 1. The second-order valence-electron chi connectivity index (χ2n) is 2.55. The number of carbonyl (C=O) groups excluding carboxylic acids is 3. The van der Waals surface area contributed by atoms with Crippen LogP contribution in [0.4, 0.5) is 4.79 Å². The fourth-order valence-electron chi connectivity index (χ4n) is 0.877. The molecule has 0 aliphatic heterocycles. The molecule has 0 aromatic rings. The lowest BCUT2D eigenvalue weighted by Crippen LogP contribution is -2.47. The molecule has 5 nitrogen and oxygen atoms in total. The van der Waals surface area contributed by atoms with E-state index < -0.39 is 12.1 Å². The van der Waals surface area contributed by atoms with Crippen LogP contribution in [-0.4, -0.2) is 36.2 Å². The van der Waals surface area contributed by atoms with Gasteiger partial charge in [0.25, 0.3) is 0 Å². The maximum Gasteiger partial charge on any atom is 0.324 e. The summed E-state index contributed by atoms with van der Waals surface area (Å²) in [6.07, 6.45) is 0.758. The minimum atomic E-state index is -0.715. The van der Waals surface area contributed by atoms with Gasteiger partial charge in [-0.05, 0) is 6.92 Å². The van der Waals surface area contributed by atoms with E-state index in [1.54, 1.807) is 6.92 Å². The van der Waals surface area contributed by atoms with Gasteiger partial charge in [-0.15, -0.1) is 0 Å². The van der Waals surface area contributed by atoms with Crippen molar-refractivity contribution in [2.45, 2.75) is 26.3 Å². The van der Waals surface area contributed by atoms with Crippen molar-refractivity contribution in [1.82, 2.24) is 10.2 Å². The zero-order valence-electron chi connectivity index (χ0n) is 8.03. The van der Waals surface area contributed by atoms with Gasteiger partial charge in [0.1, 0.15) is 6.29 Å². The van der Waals surface area contributed by atoms with Crippen molar-refractivity contribution >= 4 is 18.2 Å². The fourth-order valence-corrected chi connectivity index (χ4v) is 0.877. The number of hydrogen-bond donors (Lipinski definition) is 1. The molecular weight excluding hydrogens is 172 g/mol. The lowest BCUT2D eigenvalue weighted by atomic mass is 10.3. The van der Waals surface area contributed by atoms with Crippen LogP contribution in [0.1, 0.15) is 20.3 Å². The molecule has 0 aliphatic carbocycles. The molecule has 0 spiro atoms. The molecule has 0 rings (SSSR count). The van der Waals surface area contributed by atoms with Crippen LogP contribution in [0.25, 0.3) is 0 Å². The zero-order chi connectivity index (χ0) is 10.4. The molecule has 0 aliphatic rings. The smallest absolute Gasteiger partial charge is 0.324 e. The van der Waals surface area contributed by atoms with Crippen LogP contribution < -0.4 is 5.32 Å². The van der Waals surface area contributed by atoms with Gasteiger partial charge in [0, 0.05) is 13.5 Å². The number of hydrogen-bond acceptors (Lipinski definition) is 3. The van der Waals surface area contributed by atoms with Gasteiger partial charge >= 0.3 is 6.03 Å². The van der Waals surface area contributed by atoms with Crippen molar-refractivity contribution in [3.63, 3.8) is 0 Å². The molecule has 0 saturated carbocycles. The SMILES string of the molecule is CCC(=O)N(C(=O)NC)[C@@H](C)C=O. The van der Waals surface area contributed by atoms with E-state index in [2.05, 4.69) is 5.32 Å². The quantitative estimate of drug-likeness (QED) is 0.638. The Hall–Kier alpha value is -1.39. The van der Waals surface area contributed by atoms with Crippen LogP contribution in [-0.2, 0) is 9.59 Å². The van der Waals surface area contributed by atoms with Crippen LogP contribution in [0, 0.1) is 0 Å². The third-order valence-corrected chi connectivity index (χ3v) is 1.61. The van der Waals surface area contributed by atoms with E-state index >= 15 is 0 Å². The number of amides is 3. The maximum atomic E-state index is 11.2. The number of urea groups is 1. The molecule has 13 heavy (non-hydrogen) atoms. The molecule has 0 unspecified atom stereocenters. The Balaban J connectivity index is 4.63. The minimum absolute atomic E-state index is 0.200. The lowest BCUT2D eigenvalue weighted by Gasteiger charge is -2.22. The number of imide groups is 1. The van der Waals surface area contributed by atoms with Gasteiger partial charge in [-0.25, -0.2) is 4.79 Å². The van der Waals surface area contributed by atoms with Gasteiger partial charge in [-0.3, -0.25) is 9.69 Å². The molecule has 0 bridgehead atoms. The fraction of sp³-hybridized carbons (Fsp3) is 0.625. The van der Waals surface area contributed by atoms with E-state index in [4.69, 9.17) is 0 Å². The normalized spacial score (nSPS) is 11.6. The Labute approximate surface area is 77.1 Å². The molecule has 1 N–H and O–H groups in total. The van der Waals surface area contributed by atoms with Crippen molar-refractivity contribution in [3.05, 3.63) is 0 Å². The molecule has 0 radical (unpaired) electrons. The summed E-state index contributed by atoms with van der Waals surface area (Å²) >= 11 is 0. The van der Waals surface area contributed by atoms with Crippen molar-refractivity contribution < 1.29 is 14.4 Å². The van der Waals surface area contributed by atoms with E-state index in [0.29, 0.717) is 6.29 Å². The highest BCUT2D eigenvalue weighted by Crippen LogP contribution is 2.00. The van der Waals surface area contributed by atoms with Gasteiger partial charge < -0.3 is 10.1 Å². The first kappa shape index (κ1) is 11.6. The lowest BCUT2D eigenvalue weighted by molar-refractivity contribution is -0.132. The summed E-state index contributed by atoms with van der Waals surface area (Å²) in [6.45, 7) is 3.13. The predicted molar refractivity (Wildman–Crippen MR) is 47.1 cm³/mol. The Morgan fingerprint density at radius 2 is 2.08 bits per heavy atom. The summed E-state index contributed by atoms with van der Waals surface area (Å²) in [6, 6.07) is -1.26. The van der Waals surface area contributed by atoms with Crippen molar-refractivity contribution in [3.8, 4) is 0 Å². The summed E-state index contributed by atoms with van der Waals surface area (Å²) in [5, 5.41) is 2.30. The Morgan fingerprint density at radius 1 is 1.54 bits per heavy atom. The average Bonchev–Trinajstić information content (AvgIpc) is 2.16.